The van der Waals surface area contributed by atoms with Gasteiger partial charge in [-0.1, -0.05) is 41.6 Å². The molecule has 1 aromatic heterocycles. The van der Waals surface area contributed by atoms with Gasteiger partial charge in [0.2, 0.25) is 5.43 Å². The van der Waals surface area contributed by atoms with E-state index in [1.165, 1.54) is 6.20 Å². The number of benzene rings is 2. The van der Waals surface area contributed by atoms with Gasteiger partial charge < -0.3 is 9.67 Å². The Kier molecular flexibility index (Phi) is 4.34. The minimum absolute atomic E-state index is 0.231. The SMILES string of the molecule is CC1(N=O)CCCc2c1c(=O)c(C(=O)O)cn2Cc1ccc2ccccc2c1. The molecule has 0 saturated carbocycles. The number of carboxylic acids is 1. The van der Waals surface area contributed by atoms with Crippen molar-refractivity contribution in [3.8, 4) is 0 Å². The Bertz CT molecular complexity index is 1160. The van der Waals surface area contributed by atoms with Crippen molar-refractivity contribution in [1.29, 1.82) is 0 Å². The normalized spacial score (nSPS) is 18.6. The van der Waals surface area contributed by atoms with Crippen LogP contribution < -0.4 is 5.43 Å². The molecule has 1 N–H and O–H groups in total. The average Bonchev–Trinajstić information content (AvgIpc) is 2.69. The van der Waals surface area contributed by atoms with Crippen molar-refractivity contribution in [2.75, 3.05) is 0 Å². The van der Waals surface area contributed by atoms with Crippen LogP contribution in [0.1, 0.15) is 46.9 Å². The predicted octanol–water partition coefficient (Wildman–Crippen LogP) is 4.07. The van der Waals surface area contributed by atoms with Gasteiger partial charge in [0, 0.05) is 18.4 Å². The average molecular weight is 376 g/mol. The Morgan fingerprint density at radius 3 is 2.68 bits per heavy atom. The summed E-state index contributed by atoms with van der Waals surface area (Å²) >= 11 is 0. The first-order valence-corrected chi connectivity index (χ1v) is 9.25. The maximum absolute atomic E-state index is 12.8. The highest BCUT2D eigenvalue weighted by molar-refractivity contribution is 5.87. The van der Waals surface area contributed by atoms with E-state index in [4.69, 9.17) is 0 Å². The smallest absolute Gasteiger partial charge is 0.341 e. The third kappa shape index (κ3) is 2.91. The number of carbonyl (C=O) groups is 1. The van der Waals surface area contributed by atoms with Gasteiger partial charge in [-0.3, -0.25) is 4.79 Å². The summed E-state index contributed by atoms with van der Waals surface area (Å²) in [5.41, 5.74) is -0.185. The van der Waals surface area contributed by atoms with E-state index in [9.17, 15) is 19.6 Å². The summed E-state index contributed by atoms with van der Waals surface area (Å²) < 4.78 is 1.80. The van der Waals surface area contributed by atoms with Crippen LogP contribution in [-0.4, -0.2) is 15.6 Å². The van der Waals surface area contributed by atoms with Crippen molar-refractivity contribution >= 4 is 16.7 Å². The summed E-state index contributed by atoms with van der Waals surface area (Å²) in [6.45, 7) is 2.04. The van der Waals surface area contributed by atoms with Crippen molar-refractivity contribution in [3.63, 3.8) is 0 Å². The van der Waals surface area contributed by atoms with Crippen LogP contribution in [0.4, 0.5) is 0 Å². The summed E-state index contributed by atoms with van der Waals surface area (Å²) in [7, 11) is 0. The molecule has 2 aromatic carbocycles. The molecule has 142 valence electrons. The number of pyridine rings is 1. The molecule has 1 heterocycles. The third-order valence-corrected chi connectivity index (χ3v) is 5.61. The molecule has 28 heavy (non-hydrogen) atoms. The second-order valence-electron chi connectivity index (χ2n) is 7.53. The van der Waals surface area contributed by atoms with Crippen molar-refractivity contribution in [3.05, 3.63) is 86.2 Å². The third-order valence-electron chi connectivity index (χ3n) is 5.61. The number of aromatic nitrogens is 1. The minimum Gasteiger partial charge on any atom is -0.477 e. The van der Waals surface area contributed by atoms with E-state index >= 15 is 0 Å². The molecular formula is C22H20N2O4. The molecular weight excluding hydrogens is 356 g/mol. The topological polar surface area (TPSA) is 88.7 Å². The quantitative estimate of drug-likeness (QED) is 0.695. The van der Waals surface area contributed by atoms with Gasteiger partial charge in [-0.05, 0) is 48.6 Å². The summed E-state index contributed by atoms with van der Waals surface area (Å²) in [5, 5.41) is 14.9. The summed E-state index contributed by atoms with van der Waals surface area (Å²) in [4.78, 5) is 36.0. The molecule has 0 bridgehead atoms. The van der Waals surface area contributed by atoms with Crippen molar-refractivity contribution in [1.82, 2.24) is 4.57 Å². The summed E-state index contributed by atoms with van der Waals surface area (Å²) in [6.07, 6.45) is 3.18. The van der Waals surface area contributed by atoms with E-state index in [-0.39, 0.29) is 11.1 Å². The second kappa shape index (κ2) is 6.71. The molecule has 0 fully saturated rings. The predicted molar refractivity (Wildman–Crippen MR) is 107 cm³/mol. The molecule has 1 aliphatic rings. The van der Waals surface area contributed by atoms with Crippen LogP contribution in [0, 0.1) is 4.91 Å². The first-order chi connectivity index (χ1) is 13.4. The minimum atomic E-state index is -1.29. The fraction of sp³-hybridized carbons (Fsp3) is 0.273. The number of aromatic carboxylic acids is 1. The molecule has 1 aliphatic carbocycles. The lowest BCUT2D eigenvalue weighted by molar-refractivity contribution is 0.0694. The summed E-state index contributed by atoms with van der Waals surface area (Å²) in [6, 6.07) is 14.1. The Labute approximate surface area is 161 Å². The van der Waals surface area contributed by atoms with Gasteiger partial charge in [0.15, 0.2) is 0 Å². The van der Waals surface area contributed by atoms with Crippen molar-refractivity contribution < 1.29 is 9.90 Å². The second-order valence-corrected chi connectivity index (χ2v) is 7.53. The lowest BCUT2D eigenvalue weighted by Gasteiger charge is -2.31. The van der Waals surface area contributed by atoms with E-state index in [2.05, 4.69) is 11.2 Å². The van der Waals surface area contributed by atoms with Gasteiger partial charge in [0.1, 0.15) is 11.1 Å². The first-order valence-electron chi connectivity index (χ1n) is 9.25. The Balaban J connectivity index is 1.89. The highest BCUT2D eigenvalue weighted by Gasteiger charge is 2.38. The van der Waals surface area contributed by atoms with Gasteiger partial charge in [-0.2, -0.15) is 0 Å². The van der Waals surface area contributed by atoms with Crippen LogP contribution >= 0.6 is 0 Å². The Morgan fingerprint density at radius 1 is 1.21 bits per heavy atom. The largest absolute Gasteiger partial charge is 0.477 e. The number of nitroso groups, excluding NO2 is 1. The van der Waals surface area contributed by atoms with Gasteiger partial charge in [0.05, 0.1) is 5.56 Å². The molecule has 0 aliphatic heterocycles. The Morgan fingerprint density at radius 2 is 1.96 bits per heavy atom. The zero-order valence-corrected chi connectivity index (χ0v) is 15.5. The molecule has 3 aromatic rings. The van der Waals surface area contributed by atoms with Gasteiger partial charge in [-0.15, -0.1) is 4.91 Å². The van der Waals surface area contributed by atoms with E-state index < -0.39 is 16.9 Å². The molecule has 0 saturated heterocycles. The van der Waals surface area contributed by atoms with Gasteiger partial charge in [0.25, 0.3) is 0 Å². The van der Waals surface area contributed by atoms with Crippen LogP contribution in [-0.2, 0) is 18.5 Å². The van der Waals surface area contributed by atoms with E-state index in [0.717, 1.165) is 22.8 Å². The number of rotatable bonds is 4. The lowest BCUT2D eigenvalue weighted by Crippen LogP contribution is -2.37. The van der Waals surface area contributed by atoms with Crippen LogP contribution in [0.15, 0.2) is 58.6 Å². The number of carboxylic acid groups (broad SMARTS) is 1. The van der Waals surface area contributed by atoms with E-state index in [0.29, 0.717) is 25.1 Å². The standard InChI is InChI=1S/C22H20N2O4/c1-22(23-28)10-4-7-18-19(22)20(25)17(21(26)27)13-24(18)12-14-8-9-15-5-2-3-6-16(15)11-14/h2-3,5-6,8-9,11,13H,4,7,10,12H2,1H3,(H,26,27). The fourth-order valence-corrected chi connectivity index (χ4v) is 4.17. The maximum atomic E-state index is 12.8. The highest BCUT2D eigenvalue weighted by Crippen LogP contribution is 2.36. The highest BCUT2D eigenvalue weighted by atomic mass is 16.4. The fourth-order valence-electron chi connectivity index (χ4n) is 4.17. The molecule has 1 atom stereocenters. The van der Waals surface area contributed by atoms with Crippen molar-refractivity contribution in [2.45, 2.75) is 38.3 Å². The van der Waals surface area contributed by atoms with Crippen LogP contribution in [0.2, 0.25) is 0 Å². The number of fused-ring (bicyclic) bond motifs is 2. The molecule has 0 amide bonds. The number of nitrogens with zero attached hydrogens (tertiary/aromatic N) is 2. The lowest BCUT2D eigenvalue weighted by atomic mass is 9.79. The maximum Gasteiger partial charge on any atom is 0.341 e. The number of hydrogen-bond acceptors (Lipinski definition) is 4. The summed E-state index contributed by atoms with van der Waals surface area (Å²) in [5.74, 6) is -1.29. The van der Waals surface area contributed by atoms with Crippen LogP contribution in [0.5, 0.6) is 0 Å². The zero-order valence-electron chi connectivity index (χ0n) is 15.5. The molecule has 0 spiro atoms. The molecule has 6 heteroatoms. The van der Waals surface area contributed by atoms with Crippen molar-refractivity contribution in [2.24, 2.45) is 5.18 Å². The van der Waals surface area contributed by atoms with E-state index in [1.54, 1.807) is 11.5 Å². The Hall–Kier alpha value is -3.28. The molecule has 1 unspecified atom stereocenters. The van der Waals surface area contributed by atoms with Gasteiger partial charge in [-0.25, -0.2) is 4.79 Å². The molecule has 0 radical (unpaired) electrons. The monoisotopic (exact) mass is 376 g/mol. The first kappa shape index (κ1) is 18.1. The zero-order chi connectivity index (χ0) is 19.9. The van der Waals surface area contributed by atoms with Gasteiger partial charge >= 0.3 is 5.97 Å². The molecule has 6 nitrogen and oxygen atoms in total. The number of hydrogen-bond donors (Lipinski definition) is 1. The van der Waals surface area contributed by atoms with Crippen LogP contribution in [0.25, 0.3) is 10.8 Å². The van der Waals surface area contributed by atoms with E-state index in [1.807, 2.05) is 36.4 Å². The molecule has 4 rings (SSSR count). The van der Waals surface area contributed by atoms with Crippen LogP contribution in [0.3, 0.4) is 0 Å².